The summed E-state index contributed by atoms with van der Waals surface area (Å²) >= 11 is 6.22. The van der Waals surface area contributed by atoms with Crippen molar-refractivity contribution in [1.82, 2.24) is 14.6 Å². The molecule has 0 unspecified atom stereocenters. The van der Waals surface area contributed by atoms with E-state index in [-0.39, 0.29) is 85.4 Å². The summed E-state index contributed by atoms with van der Waals surface area (Å²) in [6, 6.07) is 8.33. The summed E-state index contributed by atoms with van der Waals surface area (Å²) in [4.78, 5) is 31.8. The second kappa shape index (κ2) is 14.3. The molecule has 16 heteroatoms. The third kappa shape index (κ3) is 7.38. The molecule has 1 aliphatic carbocycles. The Kier molecular flexibility index (Phi) is 10.7. The quantitative estimate of drug-likeness (QED) is 0.239. The molecule has 2 aromatic rings. The van der Waals surface area contributed by atoms with Crippen LogP contribution >= 0.6 is 11.6 Å². The number of halogens is 3. The summed E-state index contributed by atoms with van der Waals surface area (Å²) in [5, 5.41) is 12.0. The predicted molar refractivity (Wildman–Crippen MR) is 167 cm³/mol. The van der Waals surface area contributed by atoms with Crippen LogP contribution in [0.5, 0.6) is 0 Å². The minimum atomic E-state index is -3.88. The highest BCUT2D eigenvalue weighted by molar-refractivity contribution is 7.89. The molecule has 4 N–H and O–H groups in total. The molecule has 3 fully saturated rings. The van der Waals surface area contributed by atoms with Gasteiger partial charge >= 0.3 is 6.09 Å². The molecular weight excluding hydrogens is 646 g/mol. The first-order valence-corrected chi connectivity index (χ1v) is 17.2. The SMILES string of the molecule is NCCCNC(=O)C1CCC(C(F)(F)c2cc(Cl)nc(N3CCN(S(=O)(=O)c4ccc(N5C[C@@H](CO)OC5=O)cc4)CC3)c2)CC1. The normalized spacial score (nSPS) is 23.0. The minimum Gasteiger partial charge on any atom is -0.441 e. The monoisotopic (exact) mass is 684 g/mol. The first-order valence-electron chi connectivity index (χ1n) is 15.4. The smallest absolute Gasteiger partial charge is 0.414 e. The standard InChI is InChI=1S/C30H39ClF2N6O6S/c31-26-16-22(30(32,33)21-4-2-20(3-5-21)28(41)35-11-1-10-34)17-27(36-26)37-12-14-38(15-13-37)46(43,44)25-8-6-23(7-9-25)39-18-24(19-40)45-29(39)42/h6-9,16-17,20-21,24,40H,1-5,10-15,18-19,34H2,(H,35,41)/t20?,21?,24-/m0/s1. The minimum absolute atomic E-state index is 0.0431. The number of aromatic nitrogens is 1. The summed E-state index contributed by atoms with van der Waals surface area (Å²) in [7, 11) is -3.88. The van der Waals surface area contributed by atoms with Gasteiger partial charge in [0.1, 0.15) is 17.1 Å². The Balaban J connectivity index is 1.20. The number of carbonyl (C=O) groups excluding carboxylic acids is 2. The molecular formula is C30H39ClF2N6O6S. The van der Waals surface area contributed by atoms with Crippen LogP contribution in [0.1, 0.15) is 37.7 Å². The predicted octanol–water partition coefficient (Wildman–Crippen LogP) is 2.93. The molecule has 2 saturated heterocycles. The first kappa shape index (κ1) is 34.2. The number of nitrogens with one attached hydrogen (secondary N) is 1. The van der Waals surface area contributed by atoms with Crippen molar-refractivity contribution in [2.24, 2.45) is 17.6 Å². The summed E-state index contributed by atoms with van der Waals surface area (Å²) < 4.78 is 64.7. The van der Waals surface area contributed by atoms with Gasteiger partial charge in [-0.1, -0.05) is 11.6 Å². The van der Waals surface area contributed by atoms with Crippen molar-refractivity contribution in [2.75, 3.05) is 62.2 Å². The third-order valence-corrected chi connectivity index (χ3v) is 11.0. The van der Waals surface area contributed by atoms with Gasteiger partial charge in [-0.2, -0.15) is 4.31 Å². The second-order valence-corrected chi connectivity index (χ2v) is 14.2. The number of hydrogen-bond donors (Lipinski definition) is 3. The molecule has 12 nitrogen and oxygen atoms in total. The lowest BCUT2D eigenvalue weighted by Crippen LogP contribution is -2.49. The number of pyridine rings is 1. The molecule has 252 valence electrons. The number of nitrogens with zero attached hydrogens (tertiary/aromatic N) is 4. The van der Waals surface area contributed by atoms with Crippen molar-refractivity contribution in [3.63, 3.8) is 0 Å². The number of aliphatic hydroxyl groups is 1. The van der Waals surface area contributed by atoms with Crippen LogP contribution in [0.25, 0.3) is 0 Å². The van der Waals surface area contributed by atoms with Crippen molar-refractivity contribution in [1.29, 1.82) is 0 Å². The molecule has 2 aliphatic heterocycles. The van der Waals surface area contributed by atoms with Gasteiger partial charge in [0.05, 0.1) is 18.0 Å². The van der Waals surface area contributed by atoms with Gasteiger partial charge in [0.25, 0.3) is 5.92 Å². The van der Waals surface area contributed by atoms with Crippen molar-refractivity contribution >= 4 is 45.1 Å². The number of benzene rings is 1. The molecule has 1 aromatic heterocycles. The molecule has 0 bridgehead atoms. The van der Waals surface area contributed by atoms with Gasteiger partial charge in [-0.05, 0) is 75.0 Å². The highest BCUT2D eigenvalue weighted by Gasteiger charge is 2.44. The van der Waals surface area contributed by atoms with E-state index in [1.54, 1.807) is 4.90 Å². The Labute approximate surface area is 271 Å². The zero-order valence-corrected chi connectivity index (χ0v) is 26.9. The maximum atomic E-state index is 15.8. The van der Waals surface area contributed by atoms with E-state index in [4.69, 9.17) is 22.1 Å². The largest absolute Gasteiger partial charge is 0.441 e. The number of alkyl halides is 2. The van der Waals surface area contributed by atoms with Crippen LogP contribution in [0, 0.1) is 11.8 Å². The lowest BCUT2D eigenvalue weighted by Gasteiger charge is -2.36. The number of hydrogen-bond acceptors (Lipinski definition) is 9. The van der Waals surface area contributed by atoms with E-state index in [0.29, 0.717) is 38.0 Å². The number of nitrogens with two attached hydrogens (primary N) is 1. The average Bonchev–Trinajstić information content (AvgIpc) is 3.45. The fourth-order valence-electron chi connectivity index (χ4n) is 6.18. The van der Waals surface area contributed by atoms with Crippen LogP contribution in [-0.2, 0) is 25.5 Å². The number of piperazine rings is 1. The Morgan fingerprint density at radius 3 is 2.39 bits per heavy atom. The Bertz CT molecular complexity index is 1500. The third-order valence-electron chi connectivity index (χ3n) is 8.88. The van der Waals surface area contributed by atoms with Crippen LogP contribution in [0.15, 0.2) is 41.3 Å². The molecule has 1 aromatic carbocycles. The number of amides is 2. The van der Waals surface area contributed by atoms with Gasteiger partial charge in [0.15, 0.2) is 0 Å². The van der Waals surface area contributed by atoms with E-state index in [0.717, 1.165) is 0 Å². The van der Waals surface area contributed by atoms with Crippen molar-refractivity contribution < 1.29 is 36.6 Å². The number of cyclic esters (lactones) is 1. The number of ether oxygens (including phenoxy) is 1. The van der Waals surface area contributed by atoms with Crippen LogP contribution in [0.3, 0.4) is 0 Å². The van der Waals surface area contributed by atoms with Crippen LogP contribution in [-0.4, -0.2) is 93.3 Å². The number of aliphatic hydroxyl groups excluding tert-OH is 1. The van der Waals surface area contributed by atoms with Gasteiger partial charge in [-0.25, -0.2) is 27.0 Å². The highest BCUT2D eigenvalue weighted by Crippen LogP contribution is 2.46. The Morgan fingerprint density at radius 2 is 1.78 bits per heavy atom. The highest BCUT2D eigenvalue weighted by atomic mass is 35.5. The fourth-order valence-corrected chi connectivity index (χ4v) is 7.81. The fraction of sp³-hybridized carbons (Fsp3) is 0.567. The van der Waals surface area contributed by atoms with Gasteiger partial charge < -0.3 is 25.8 Å². The number of anilines is 2. The maximum Gasteiger partial charge on any atom is 0.414 e. The summed E-state index contributed by atoms with van der Waals surface area (Å²) in [6.07, 6.45) is 0.529. The van der Waals surface area contributed by atoms with Gasteiger partial charge in [-0.3, -0.25) is 9.69 Å². The molecule has 5 rings (SSSR count). The molecule has 3 heterocycles. The molecule has 0 radical (unpaired) electrons. The summed E-state index contributed by atoms with van der Waals surface area (Å²) in [5.41, 5.74) is 5.66. The molecule has 46 heavy (non-hydrogen) atoms. The van der Waals surface area contributed by atoms with E-state index in [2.05, 4.69) is 10.3 Å². The lowest BCUT2D eigenvalue weighted by molar-refractivity contribution is -0.129. The molecule has 0 spiro atoms. The molecule has 3 aliphatic rings. The zero-order chi connectivity index (χ0) is 33.1. The van der Waals surface area contributed by atoms with E-state index in [9.17, 15) is 23.1 Å². The van der Waals surface area contributed by atoms with Crippen molar-refractivity contribution in [3.05, 3.63) is 47.1 Å². The van der Waals surface area contributed by atoms with Crippen LogP contribution in [0.2, 0.25) is 5.15 Å². The van der Waals surface area contributed by atoms with Crippen LogP contribution in [0.4, 0.5) is 25.1 Å². The van der Waals surface area contributed by atoms with Gasteiger partial charge in [-0.15, -0.1) is 0 Å². The number of sulfonamides is 1. The Morgan fingerprint density at radius 1 is 1.11 bits per heavy atom. The lowest BCUT2D eigenvalue weighted by atomic mass is 9.77. The van der Waals surface area contributed by atoms with Crippen LogP contribution < -0.4 is 20.9 Å². The first-order chi connectivity index (χ1) is 21.9. The number of rotatable bonds is 11. The summed E-state index contributed by atoms with van der Waals surface area (Å²) in [5.74, 6) is -4.31. The van der Waals surface area contributed by atoms with E-state index >= 15 is 8.78 Å². The van der Waals surface area contributed by atoms with E-state index in [1.165, 1.54) is 45.6 Å². The maximum absolute atomic E-state index is 15.8. The number of carbonyl (C=O) groups is 2. The van der Waals surface area contributed by atoms with Gasteiger partial charge in [0.2, 0.25) is 15.9 Å². The topological polar surface area (TPSA) is 158 Å². The van der Waals surface area contributed by atoms with E-state index in [1.807, 2.05) is 0 Å². The van der Waals surface area contributed by atoms with Gasteiger partial charge in [0, 0.05) is 55.8 Å². The molecule has 1 saturated carbocycles. The Hall–Kier alpha value is -3.11. The van der Waals surface area contributed by atoms with Crippen molar-refractivity contribution in [2.45, 2.75) is 49.0 Å². The second-order valence-electron chi connectivity index (χ2n) is 11.8. The summed E-state index contributed by atoms with van der Waals surface area (Å²) in [6.45, 7) is 1.40. The van der Waals surface area contributed by atoms with E-state index < -0.39 is 34.1 Å². The van der Waals surface area contributed by atoms with Crippen molar-refractivity contribution in [3.8, 4) is 0 Å². The zero-order valence-electron chi connectivity index (χ0n) is 25.3. The average molecular weight is 685 g/mol. The molecule has 2 amide bonds. The molecule has 1 atom stereocenters.